The first-order valence-corrected chi connectivity index (χ1v) is 8.21. The number of nitrogens with one attached hydrogen (secondary N) is 1. The molecular formula is C14H22BrNS. The van der Waals surface area contributed by atoms with Gasteiger partial charge in [0.1, 0.15) is 0 Å². The molecule has 1 aliphatic rings. The largest absolute Gasteiger partial charge is 0.313 e. The van der Waals surface area contributed by atoms with Crippen molar-refractivity contribution < 1.29 is 0 Å². The average Bonchev–Trinajstić information content (AvgIpc) is 2.73. The molecule has 1 fully saturated rings. The molecule has 0 bridgehead atoms. The van der Waals surface area contributed by atoms with Crippen LogP contribution >= 0.6 is 27.3 Å². The van der Waals surface area contributed by atoms with Crippen molar-refractivity contribution in [1.29, 1.82) is 0 Å². The fourth-order valence-electron chi connectivity index (χ4n) is 2.94. The van der Waals surface area contributed by atoms with Gasteiger partial charge in [0.25, 0.3) is 0 Å². The second-order valence-corrected chi connectivity index (χ2v) is 7.79. The minimum Gasteiger partial charge on any atom is -0.313 e. The molecule has 3 unspecified atom stereocenters. The Bertz CT molecular complexity index is 376. The molecule has 2 rings (SSSR count). The Morgan fingerprint density at radius 3 is 2.76 bits per heavy atom. The molecule has 17 heavy (non-hydrogen) atoms. The van der Waals surface area contributed by atoms with Crippen LogP contribution in [0.5, 0.6) is 0 Å². The number of thiophene rings is 1. The smallest absolute Gasteiger partial charge is 0.0701 e. The van der Waals surface area contributed by atoms with Gasteiger partial charge in [-0.2, -0.15) is 0 Å². The normalized spacial score (nSPS) is 32.5. The van der Waals surface area contributed by atoms with Crippen LogP contribution in [0.1, 0.15) is 50.8 Å². The molecule has 1 aliphatic carbocycles. The molecule has 0 amide bonds. The van der Waals surface area contributed by atoms with Crippen LogP contribution in [0, 0.1) is 5.41 Å². The number of halogens is 1. The first-order valence-electron chi connectivity index (χ1n) is 6.60. The lowest BCUT2D eigenvalue weighted by molar-refractivity contribution is 0.0465. The third kappa shape index (κ3) is 2.47. The summed E-state index contributed by atoms with van der Waals surface area (Å²) in [7, 11) is 0. The summed E-state index contributed by atoms with van der Waals surface area (Å²) in [6.07, 6.45) is 3.79. The van der Waals surface area contributed by atoms with Gasteiger partial charge in [0.05, 0.1) is 3.79 Å². The van der Waals surface area contributed by atoms with Gasteiger partial charge in [0.2, 0.25) is 0 Å². The summed E-state index contributed by atoms with van der Waals surface area (Å²) in [5.74, 6) is 0.748. The van der Waals surface area contributed by atoms with E-state index < -0.39 is 0 Å². The molecule has 0 radical (unpaired) electrons. The van der Waals surface area contributed by atoms with Crippen LogP contribution in [0.4, 0.5) is 0 Å². The van der Waals surface area contributed by atoms with E-state index >= 15 is 0 Å². The number of rotatable bonds is 5. The van der Waals surface area contributed by atoms with Gasteiger partial charge in [-0.15, -0.1) is 11.3 Å². The van der Waals surface area contributed by atoms with Crippen LogP contribution in [0.3, 0.4) is 0 Å². The third-order valence-electron chi connectivity index (χ3n) is 4.40. The topological polar surface area (TPSA) is 12.0 Å². The van der Waals surface area contributed by atoms with Gasteiger partial charge >= 0.3 is 0 Å². The van der Waals surface area contributed by atoms with Crippen molar-refractivity contribution in [3.8, 4) is 0 Å². The maximum Gasteiger partial charge on any atom is 0.0701 e. The van der Waals surface area contributed by atoms with Crippen molar-refractivity contribution in [3.63, 3.8) is 0 Å². The Kier molecular flexibility index (Phi) is 4.32. The van der Waals surface area contributed by atoms with E-state index in [9.17, 15) is 0 Å². The zero-order valence-corrected chi connectivity index (χ0v) is 13.3. The van der Waals surface area contributed by atoms with Gasteiger partial charge in [-0.05, 0) is 59.3 Å². The fourth-order valence-corrected chi connectivity index (χ4v) is 4.64. The minimum atomic E-state index is 0.444. The molecule has 1 saturated carbocycles. The molecule has 0 aromatic carbocycles. The summed E-state index contributed by atoms with van der Waals surface area (Å²) in [6.45, 7) is 8.17. The van der Waals surface area contributed by atoms with Crippen LogP contribution < -0.4 is 5.32 Å². The van der Waals surface area contributed by atoms with E-state index in [0.717, 1.165) is 12.5 Å². The van der Waals surface area contributed by atoms with Crippen molar-refractivity contribution in [2.45, 2.75) is 52.0 Å². The van der Waals surface area contributed by atoms with Gasteiger partial charge in [-0.25, -0.2) is 0 Å². The quantitative estimate of drug-likeness (QED) is 0.824. The molecule has 3 atom stereocenters. The molecule has 1 nitrogen and oxygen atoms in total. The average molecular weight is 316 g/mol. The lowest BCUT2D eigenvalue weighted by Gasteiger charge is -2.54. The van der Waals surface area contributed by atoms with E-state index in [0.29, 0.717) is 11.5 Å². The molecular weight excluding hydrogens is 294 g/mol. The third-order valence-corrected chi connectivity index (χ3v) is 6.14. The zero-order valence-electron chi connectivity index (χ0n) is 10.9. The predicted octanol–water partition coefficient (Wildman–Crippen LogP) is 4.78. The van der Waals surface area contributed by atoms with Crippen molar-refractivity contribution in [2.75, 3.05) is 6.54 Å². The minimum absolute atomic E-state index is 0.444. The summed E-state index contributed by atoms with van der Waals surface area (Å²) in [5.41, 5.74) is 0.444. The number of hydrogen-bond acceptors (Lipinski definition) is 2. The predicted molar refractivity (Wildman–Crippen MR) is 79.9 cm³/mol. The van der Waals surface area contributed by atoms with Crippen LogP contribution in [0.15, 0.2) is 15.9 Å². The van der Waals surface area contributed by atoms with Gasteiger partial charge in [0.15, 0.2) is 0 Å². The van der Waals surface area contributed by atoms with Gasteiger partial charge in [-0.3, -0.25) is 0 Å². The molecule has 1 aromatic heterocycles. The van der Waals surface area contributed by atoms with E-state index in [-0.39, 0.29) is 0 Å². The van der Waals surface area contributed by atoms with Crippen molar-refractivity contribution >= 4 is 27.3 Å². The van der Waals surface area contributed by atoms with E-state index in [1.165, 1.54) is 23.0 Å². The summed E-state index contributed by atoms with van der Waals surface area (Å²) >= 11 is 5.48. The Morgan fingerprint density at radius 1 is 1.47 bits per heavy atom. The van der Waals surface area contributed by atoms with Crippen LogP contribution in [-0.2, 0) is 0 Å². The summed E-state index contributed by atoms with van der Waals surface area (Å²) < 4.78 is 1.26. The van der Waals surface area contributed by atoms with Crippen LogP contribution in [0.25, 0.3) is 0 Å². The fraction of sp³-hybridized carbons (Fsp3) is 0.714. The van der Waals surface area contributed by atoms with E-state index in [4.69, 9.17) is 0 Å². The monoisotopic (exact) mass is 315 g/mol. The van der Waals surface area contributed by atoms with Gasteiger partial charge < -0.3 is 5.32 Å². The SMILES string of the molecule is CCCNC1CC(c2ccc(Br)s2)C1(C)CC. The maximum absolute atomic E-state index is 3.71. The lowest BCUT2D eigenvalue weighted by atomic mass is 9.55. The first kappa shape index (κ1) is 13.6. The van der Waals surface area contributed by atoms with Crippen LogP contribution in [0.2, 0.25) is 0 Å². The highest BCUT2D eigenvalue weighted by atomic mass is 79.9. The Labute approximate surface area is 117 Å². The molecule has 1 heterocycles. The Hall–Kier alpha value is 0.140. The maximum atomic E-state index is 3.71. The molecule has 96 valence electrons. The van der Waals surface area contributed by atoms with Gasteiger partial charge in [-0.1, -0.05) is 20.8 Å². The van der Waals surface area contributed by atoms with Crippen molar-refractivity contribution in [1.82, 2.24) is 5.32 Å². The zero-order chi connectivity index (χ0) is 12.5. The first-order chi connectivity index (χ1) is 8.11. The van der Waals surface area contributed by atoms with Crippen LogP contribution in [-0.4, -0.2) is 12.6 Å². The van der Waals surface area contributed by atoms with Crippen molar-refractivity contribution in [2.24, 2.45) is 5.41 Å². The summed E-state index contributed by atoms with van der Waals surface area (Å²) in [6, 6.07) is 5.19. The molecule has 1 aromatic rings. The van der Waals surface area contributed by atoms with E-state index in [1.807, 2.05) is 11.3 Å². The lowest BCUT2D eigenvalue weighted by Crippen LogP contribution is -2.56. The molecule has 0 spiro atoms. The molecule has 1 N–H and O–H groups in total. The number of hydrogen-bond donors (Lipinski definition) is 1. The Morgan fingerprint density at radius 2 is 2.24 bits per heavy atom. The molecule has 0 saturated heterocycles. The van der Waals surface area contributed by atoms with Gasteiger partial charge in [0, 0.05) is 16.8 Å². The standard InChI is InChI=1S/C14H22BrNS/c1-4-8-16-12-9-10(14(12,3)5-2)11-6-7-13(15)17-11/h6-7,10,12,16H,4-5,8-9H2,1-3H3. The summed E-state index contributed by atoms with van der Waals surface area (Å²) in [5, 5.41) is 3.71. The highest BCUT2D eigenvalue weighted by Gasteiger charge is 2.50. The Balaban J connectivity index is 2.07. The van der Waals surface area contributed by atoms with E-state index in [1.54, 1.807) is 4.88 Å². The second kappa shape index (κ2) is 5.41. The molecule has 0 aliphatic heterocycles. The summed E-state index contributed by atoms with van der Waals surface area (Å²) in [4.78, 5) is 1.55. The highest BCUT2D eigenvalue weighted by molar-refractivity contribution is 9.11. The van der Waals surface area contributed by atoms with E-state index in [2.05, 4.69) is 54.2 Å². The van der Waals surface area contributed by atoms with Crippen molar-refractivity contribution in [3.05, 3.63) is 20.8 Å². The molecule has 3 heteroatoms. The second-order valence-electron chi connectivity index (χ2n) is 5.30. The highest BCUT2D eigenvalue weighted by Crippen LogP contribution is 2.56.